The van der Waals surface area contributed by atoms with E-state index >= 15 is 0 Å². The van der Waals surface area contributed by atoms with Gasteiger partial charge in [0.05, 0.1) is 11.9 Å². The largest absolute Gasteiger partial charge is 0.383 e. The van der Waals surface area contributed by atoms with Gasteiger partial charge in [0.25, 0.3) is 0 Å². The number of anilines is 1. The fourth-order valence-electron chi connectivity index (χ4n) is 2.14. The van der Waals surface area contributed by atoms with Crippen LogP contribution < -0.4 is 5.32 Å². The van der Waals surface area contributed by atoms with Crippen LogP contribution in [0.2, 0.25) is 0 Å². The Morgan fingerprint density at radius 2 is 2.44 bits per heavy atom. The predicted octanol–water partition coefficient (Wildman–Crippen LogP) is 2.60. The Hall–Kier alpha value is -0.610. The molecule has 1 atom stereocenters. The van der Waals surface area contributed by atoms with Crippen molar-refractivity contribution >= 4 is 21.6 Å². The highest BCUT2D eigenvalue weighted by Gasteiger charge is 2.20. The number of halogens is 1. The summed E-state index contributed by atoms with van der Waals surface area (Å²) in [5.74, 6) is 0.777. The van der Waals surface area contributed by atoms with Crippen molar-refractivity contribution in [2.24, 2.45) is 5.92 Å². The number of nitrogens with one attached hydrogen (secondary N) is 1. The molecule has 1 fully saturated rings. The van der Waals surface area contributed by atoms with Gasteiger partial charge in [-0.15, -0.1) is 0 Å². The Morgan fingerprint density at radius 1 is 1.56 bits per heavy atom. The summed E-state index contributed by atoms with van der Waals surface area (Å²) in [6.07, 6.45) is 4.99. The summed E-state index contributed by atoms with van der Waals surface area (Å²) < 4.78 is 1.03. The average Bonchev–Trinajstić information content (AvgIpc) is 2.74. The summed E-state index contributed by atoms with van der Waals surface area (Å²) in [6.45, 7) is 6.93. The molecule has 1 N–H and O–H groups in total. The minimum absolute atomic E-state index is 0.777. The van der Waals surface area contributed by atoms with Gasteiger partial charge in [-0.05, 0) is 47.4 Å². The molecular formula is C12H18BrN3. The molecule has 1 aromatic rings. The van der Waals surface area contributed by atoms with Gasteiger partial charge in [-0.25, -0.2) is 0 Å². The average molecular weight is 284 g/mol. The molecule has 0 saturated carbocycles. The van der Waals surface area contributed by atoms with Crippen molar-refractivity contribution in [1.82, 2.24) is 9.88 Å². The molecule has 4 heteroatoms. The van der Waals surface area contributed by atoms with Crippen LogP contribution in [0.15, 0.2) is 22.9 Å². The van der Waals surface area contributed by atoms with Crippen LogP contribution in [0, 0.1) is 5.92 Å². The lowest BCUT2D eigenvalue weighted by Crippen LogP contribution is -2.22. The molecule has 1 saturated heterocycles. The highest BCUT2D eigenvalue weighted by atomic mass is 79.9. The van der Waals surface area contributed by atoms with Crippen molar-refractivity contribution in [3.8, 4) is 0 Å². The second-order valence-electron chi connectivity index (χ2n) is 4.32. The molecular weight excluding hydrogens is 266 g/mol. The van der Waals surface area contributed by atoms with Crippen molar-refractivity contribution in [2.75, 3.05) is 31.5 Å². The Balaban J connectivity index is 1.80. The lowest BCUT2D eigenvalue weighted by atomic mass is 10.1. The van der Waals surface area contributed by atoms with Gasteiger partial charge in [-0.2, -0.15) is 0 Å². The molecule has 3 nitrogen and oxygen atoms in total. The second-order valence-corrected chi connectivity index (χ2v) is 5.24. The molecule has 0 aliphatic carbocycles. The van der Waals surface area contributed by atoms with Crippen molar-refractivity contribution in [3.63, 3.8) is 0 Å². The number of nitrogens with zero attached hydrogens (tertiary/aromatic N) is 2. The number of aromatic nitrogens is 1. The van der Waals surface area contributed by atoms with Gasteiger partial charge in [0.15, 0.2) is 0 Å². The smallest absolute Gasteiger partial charge is 0.0538 e. The Labute approximate surface area is 105 Å². The first-order valence-electron chi connectivity index (χ1n) is 5.84. The van der Waals surface area contributed by atoms with E-state index in [1.807, 2.05) is 6.20 Å². The summed E-state index contributed by atoms with van der Waals surface area (Å²) in [5, 5.41) is 3.45. The lowest BCUT2D eigenvalue weighted by molar-refractivity contribution is 0.345. The summed E-state index contributed by atoms with van der Waals surface area (Å²) >= 11 is 3.43. The van der Waals surface area contributed by atoms with Crippen LogP contribution in [0.5, 0.6) is 0 Å². The fourth-order valence-corrected chi connectivity index (χ4v) is 2.50. The van der Waals surface area contributed by atoms with E-state index in [1.54, 1.807) is 6.20 Å². The van der Waals surface area contributed by atoms with E-state index in [1.165, 1.54) is 26.1 Å². The SMILES string of the molecule is CCN1CCC(CNc2cncc(Br)c2)C1. The molecule has 1 aliphatic heterocycles. The van der Waals surface area contributed by atoms with Crippen LogP contribution >= 0.6 is 15.9 Å². The number of pyridine rings is 1. The zero-order chi connectivity index (χ0) is 11.4. The van der Waals surface area contributed by atoms with Gasteiger partial charge >= 0.3 is 0 Å². The van der Waals surface area contributed by atoms with Crippen LogP contribution in [0.3, 0.4) is 0 Å². The predicted molar refractivity (Wildman–Crippen MR) is 70.6 cm³/mol. The fraction of sp³-hybridized carbons (Fsp3) is 0.583. The Bertz CT molecular complexity index is 343. The first-order chi connectivity index (χ1) is 7.78. The third kappa shape index (κ3) is 3.19. The molecule has 1 aromatic heterocycles. The van der Waals surface area contributed by atoms with E-state index in [2.05, 4.69) is 44.1 Å². The molecule has 0 aromatic carbocycles. The van der Waals surface area contributed by atoms with Crippen molar-refractivity contribution in [1.29, 1.82) is 0 Å². The highest BCUT2D eigenvalue weighted by Crippen LogP contribution is 2.18. The zero-order valence-electron chi connectivity index (χ0n) is 9.62. The molecule has 88 valence electrons. The third-order valence-electron chi connectivity index (χ3n) is 3.12. The Morgan fingerprint density at radius 3 is 3.12 bits per heavy atom. The van der Waals surface area contributed by atoms with E-state index in [0.29, 0.717) is 0 Å². The summed E-state index contributed by atoms with van der Waals surface area (Å²) in [6, 6.07) is 2.07. The number of hydrogen-bond donors (Lipinski definition) is 1. The van der Waals surface area contributed by atoms with E-state index in [9.17, 15) is 0 Å². The Kier molecular flexibility index (Phi) is 4.18. The van der Waals surface area contributed by atoms with Crippen LogP contribution in [0.1, 0.15) is 13.3 Å². The third-order valence-corrected chi connectivity index (χ3v) is 3.55. The summed E-state index contributed by atoms with van der Waals surface area (Å²) in [7, 11) is 0. The molecule has 0 radical (unpaired) electrons. The van der Waals surface area contributed by atoms with E-state index < -0.39 is 0 Å². The van der Waals surface area contributed by atoms with Crippen LogP contribution in [-0.2, 0) is 0 Å². The highest BCUT2D eigenvalue weighted by molar-refractivity contribution is 9.10. The van der Waals surface area contributed by atoms with Gasteiger partial charge < -0.3 is 10.2 Å². The standard InChI is InChI=1S/C12H18BrN3/c1-2-16-4-3-10(9-16)6-15-12-5-11(13)7-14-8-12/h5,7-8,10,15H,2-4,6,9H2,1H3. The van der Waals surface area contributed by atoms with Crippen LogP contribution in [-0.4, -0.2) is 36.1 Å². The van der Waals surface area contributed by atoms with Gasteiger partial charge in [-0.1, -0.05) is 6.92 Å². The molecule has 0 amide bonds. The normalized spacial score (nSPS) is 21.2. The minimum Gasteiger partial charge on any atom is -0.383 e. The molecule has 16 heavy (non-hydrogen) atoms. The van der Waals surface area contributed by atoms with Gasteiger partial charge in [0.2, 0.25) is 0 Å². The minimum atomic E-state index is 0.777. The van der Waals surface area contributed by atoms with Crippen LogP contribution in [0.4, 0.5) is 5.69 Å². The lowest BCUT2D eigenvalue weighted by Gasteiger charge is -2.14. The monoisotopic (exact) mass is 283 g/mol. The van der Waals surface area contributed by atoms with Gasteiger partial charge in [0, 0.05) is 23.8 Å². The summed E-state index contributed by atoms with van der Waals surface area (Å²) in [5.41, 5.74) is 1.10. The maximum absolute atomic E-state index is 4.14. The molecule has 1 aliphatic rings. The molecule has 1 unspecified atom stereocenters. The maximum atomic E-state index is 4.14. The number of likely N-dealkylation sites (tertiary alicyclic amines) is 1. The molecule has 0 spiro atoms. The van der Waals surface area contributed by atoms with Crippen molar-refractivity contribution < 1.29 is 0 Å². The van der Waals surface area contributed by atoms with Gasteiger partial charge in [0.1, 0.15) is 0 Å². The van der Waals surface area contributed by atoms with Gasteiger partial charge in [-0.3, -0.25) is 4.98 Å². The molecule has 0 bridgehead atoms. The summed E-state index contributed by atoms with van der Waals surface area (Å²) in [4.78, 5) is 6.65. The molecule has 2 heterocycles. The van der Waals surface area contributed by atoms with E-state index in [-0.39, 0.29) is 0 Å². The second kappa shape index (κ2) is 5.64. The first kappa shape index (κ1) is 11.9. The number of hydrogen-bond acceptors (Lipinski definition) is 3. The number of rotatable bonds is 4. The maximum Gasteiger partial charge on any atom is 0.0538 e. The zero-order valence-corrected chi connectivity index (χ0v) is 11.2. The molecule has 2 rings (SSSR count). The van der Waals surface area contributed by atoms with Crippen molar-refractivity contribution in [3.05, 3.63) is 22.9 Å². The topological polar surface area (TPSA) is 28.2 Å². The van der Waals surface area contributed by atoms with Crippen LogP contribution in [0.25, 0.3) is 0 Å². The van der Waals surface area contributed by atoms with E-state index in [0.717, 1.165) is 22.6 Å². The quantitative estimate of drug-likeness (QED) is 0.921. The first-order valence-corrected chi connectivity index (χ1v) is 6.64. The van der Waals surface area contributed by atoms with Crippen molar-refractivity contribution in [2.45, 2.75) is 13.3 Å². The van der Waals surface area contributed by atoms with E-state index in [4.69, 9.17) is 0 Å².